The molecular weight excluding hydrogens is 188 g/mol. The molecule has 4 nitrogen and oxygen atoms in total. The molecule has 1 fully saturated rings. The van der Waals surface area contributed by atoms with Crippen LogP contribution in [0, 0.1) is 0 Å². The number of hydrogen-bond acceptors (Lipinski definition) is 3. The van der Waals surface area contributed by atoms with Gasteiger partial charge in [-0.25, -0.2) is 0 Å². The van der Waals surface area contributed by atoms with E-state index in [1.807, 2.05) is 10.9 Å². The van der Waals surface area contributed by atoms with Crippen LogP contribution in [-0.2, 0) is 13.1 Å². The average Bonchev–Trinajstić information content (AvgIpc) is 2.99. The van der Waals surface area contributed by atoms with Crippen LogP contribution in [0.25, 0.3) is 0 Å². The topological polar surface area (TPSA) is 47.1 Å². The molecule has 0 aliphatic heterocycles. The summed E-state index contributed by atoms with van der Waals surface area (Å²) in [5.74, 6) is 0. The zero-order chi connectivity index (χ0) is 10.7. The predicted octanol–water partition coefficient (Wildman–Crippen LogP) is 0.826. The van der Waals surface area contributed by atoms with Gasteiger partial charge in [0.2, 0.25) is 0 Å². The highest BCUT2D eigenvalue weighted by molar-refractivity contribution is 5.05. The van der Waals surface area contributed by atoms with Crippen LogP contribution in [0.15, 0.2) is 12.4 Å². The van der Waals surface area contributed by atoms with E-state index in [1.165, 1.54) is 18.4 Å². The molecule has 15 heavy (non-hydrogen) atoms. The van der Waals surface area contributed by atoms with Crippen molar-refractivity contribution in [2.24, 2.45) is 5.73 Å². The van der Waals surface area contributed by atoms with Crippen LogP contribution in [0.3, 0.4) is 0 Å². The molecule has 0 aromatic carbocycles. The second kappa shape index (κ2) is 4.77. The first-order chi connectivity index (χ1) is 7.33. The van der Waals surface area contributed by atoms with Gasteiger partial charge in [-0.2, -0.15) is 5.10 Å². The van der Waals surface area contributed by atoms with Gasteiger partial charge in [0.25, 0.3) is 0 Å². The van der Waals surface area contributed by atoms with E-state index in [0.29, 0.717) is 0 Å². The summed E-state index contributed by atoms with van der Waals surface area (Å²) in [6, 6.07) is 0.776. The highest BCUT2D eigenvalue weighted by Gasteiger charge is 2.28. The Labute approximate surface area is 91.1 Å². The molecule has 1 aliphatic carbocycles. The van der Waals surface area contributed by atoms with Gasteiger partial charge in [-0.3, -0.25) is 9.58 Å². The van der Waals surface area contributed by atoms with Gasteiger partial charge in [0.1, 0.15) is 0 Å². The lowest BCUT2D eigenvalue weighted by Gasteiger charge is -2.19. The summed E-state index contributed by atoms with van der Waals surface area (Å²) in [6.07, 6.45) is 6.77. The van der Waals surface area contributed by atoms with Crippen molar-refractivity contribution >= 4 is 0 Å². The van der Waals surface area contributed by atoms with Crippen LogP contribution in [0.2, 0.25) is 0 Å². The van der Waals surface area contributed by atoms with Gasteiger partial charge in [-0.05, 0) is 19.8 Å². The summed E-state index contributed by atoms with van der Waals surface area (Å²) in [5.41, 5.74) is 6.92. The third kappa shape index (κ3) is 2.79. The third-order valence-corrected chi connectivity index (χ3v) is 2.88. The summed E-state index contributed by atoms with van der Waals surface area (Å²) < 4.78 is 1.98. The first-order valence-corrected chi connectivity index (χ1v) is 5.79. The van der Waals surface area contributed by atoms with Crippen molar-refractivity contribution in [1.82, 2.24) is 14.7 Å². The highest BCUT2D eigenvalue weighted by atomic mass is 15.3. The van der Waals surface area contributed by atoms with E-state index in [0.717, 1.165) is 32.2 Å². The molecule has 0 spiro atoms. The van der Waals surface area contributed by atoms with Crippen LogP contribution in [0.5, 0.6) is 0 Å². The monoisotopic (exact) mass is 208 g/mol. The largest absolute Gasteiger partial charge is 0.329 e. The summed E-state index contributed by atoms with van der Waals surface area (Å²) >= 11 is 0. The number of aryl methyl sites for hydroxylation is 1. The average molecular weight is 208 g/mol. The Morgan fingerprint density at radius 3 is 2.93 bits per heavy atom. The Balaban J connectivity index is 1.92. The fourth-order valence-corrected chi connectivity index (χ4v) is 1.89. The van der Waals surface area contributed by atoms with E-state index in [-0.39, 0.29) is 0 Å². The molecule has 1 aliphatic rings. The van der Waals surface area contributed by atoms with Crippen molar-refractivity contribution in [2.45, 2.75) is 38.9 Å². The van der Waals surface area contributed by atoms with Gasteiger partial charge in [0.15, 0.2) is 0 Å². The van der Waals surface area contributed by atoms with Crippen molar-refractivity contribution < 1.29 is 0 Å². The molecule has 84 valence electrons. The summed E-state index contributed by atoms with van der Waals surface area (Å²) in [4.78, 5) is 2.47. The minimum atomic E-state index is 0.748. The molecule has 0 unspecified atom stereocenters. The van der Waals surface area contributed by atoms with E-state index < -0.39 is 0 Å². The van der Waals surface area contributed by atoms with E-state index >= 15 is 0 Å². The van der Waals surface area contributed by atoms with E-state index in [1.54, 1.807) is 0 Å². The molecule has 4 heteroatoms. The molecular formula is C11H20N4. The lowest BCUT2D eigenvalue weighted by Crippen LogP contribution is -2.30. The normalized spacial score (nSPS) is 16.2. The SMILES string of the molecule is CCn1cc(CN(CCN)C2CC2)cn1. The van der Waals surface area contributed by atoms with Crippen molar-refractivity contribution in [3.8, 4) is 0 Å². The van der Waals surface area contributed by atoms with Crippen LogP contribution in [0.4, 0.5) is 0 Å². The molecule has 2 N–H and O–H groups in total. The first-order valence-electron chi connectivity index (χ1n) is 5.79. The molecule has 1 aromatic heterocycles. The molecule has 1 saturated carbocycles. The second-order valence-electron chi connectivity index (χ2n) is 4.19. The van der Waals surface area contributed by atoms with Crippen molar-refractivity contribution in [2.75, 3.05) is 13.1 Å². The van der Waals surface area contributed by atoms with Gasteiger partial charge in [-0.15, -0.1) is 0 Å². The van der Waals surface area contributed by atoms with Crippen LogP contribution < -0.4 is 5.73 Å². The number of aromatic nitrogens is 2. The van der Waals surface area contributed by atoms with Crippen LogP contribution in [0.1, 0.15) is 25.3 Å². The van der Waals surface area contributed by atoms with Crippen molar-refractivity contribution in [3.05, 3.63) is 18.0 Å². The smallest absolute Gasteiger partial charge is 0.0534 e. The Bertz CT molecular complexity index is 303. The summed E-state index contributed by atoms with van der Waals surface area (Å²) in [6.45, 7) is 5.80. The minimum Gasteiger partial charge on any atom is -0.329 e. The minimum absolute atomic E-state index is 0.748. The van der Waals surface area contributed by atoms with Crippen molar-refractivity contribution in [1.29, 1.82) is 0 Å². The maximum absolute atomic E-state index is 5.62. The zero-order valence-corrected chi connectivity index (χ0v) is 9.39. The lowest BCUT2D eigenvalue weighted by molar-refractivity contribution is 0.262. The first kappa shape index (κ1) is 10.6. The van der Waals surface area contributed by atoms with E-state index in [2.05, 4.69) is 23.1 Å². The Morgan fingerprint density at radius 1 is 1.60 bits per heavy atom. The highest BCUT2D eigenvalue weighted by Crippen LogP contribution is 2.27. The number of nitrogens with zero attached hydrogens (tertiary/aromatic N) is 3. The second-order valence-corrected chi connectivity index (χ2v) is 4.19. The lowest BCUT2D eigenvalue weighted by atomic mass is 10.3. The fourth-order valence-electron chi connectivity index (χ4n) is 1.89. The Morgan fingerprint density at radius 2 is 2.40 bits per heavy atom. The quantitative estimate of drug-likeness (QED) is 0.753. The summed E-state index contributed by atoms with van der Waals surface area (Å²) in [5, 5.41) is 4.29. The number of hydrogen-bond donors (Lipinski definition) is 1. The molecule has 0 radical (unpaired) electrons. The molecule has 0 bridgehead atoms. The molecule has 0 saturated heterocycles. The molecule has 1 heterocycles. The van der Waals surface area contributed by atoms with E-state index in [9.17, 15) is 0 Å². The van der Waals surface area contributed by atoms with Crippen molar-refractivity contribution in [3.63, 3.8) is 0 Å². The maximum Gasteiger partial charge on any atom is 0.0534 e. The van der Waals surface area contributed by atoms with Gasteiger partial charge < -0.3 is 5.73 Å². The van der Waals surface area contributed by atoms with E-state index in [4.69, 9.17) is 5.73 Å². The van der Waals surface area contributed by atoms with Gasteiger partial charge in [0.05, 0.1) is 6.20 Å². The number of nitrogens with two attached hydrogens (primary N) is 1. The third-order valence-electron chi connectivity index (χ3n) is 2.88. The standard InChI is InChI=1S/C11H20N4/c1-2-15-9-10(7-13-15)8-14(6-5-12)11-3-4-11/h7,9,11H,2-6,8,12H2,1H3. The van der Waals surface area contributed by atoms with Gasteiger partial charge in [0, 0.05) is 44.0 Å². The molecule has 0 amide bonds. The Kier molecular flexibility index (Phi) is 3.38. The van der Waals surface area contributed by atoms with Gasteiger partial charge >= 0.3 is 0 Å². The number of rotatable bonds is 6. The van der Waals surface area contributed by atoms with Gasteiger partial charge in [-0.1, -0.05) is 0 Å². The molecule has 1 aromatic rings. The predicted molar refractivity (Wildman–Crippen MR) is 60.4 cm³/mol. The Hall–Kier alpha value is -0.870. The van der Waals surface area contributed by atoms with Crippen LogP contribution >= 0.6 is 0 Å². The molecule has 2 rings (SSSR count). The maximum atomic E-state index is 5.62. The zero-order valence-electron chi connectivity index (χ0n) is 9.39. The summed E-state index contributed by atoms with van der Waals surface area (Å²) in [7, 11) is 0. The van der Waals surface area contributed by atoms with Crippen LogP contribution in [-0.4, -0.2) is 33.8 Å². The fraction of sp³-hybridized carbons (Fsp3) is 0.727. The molecule has 0 atom stereocenters.